The van der Waals surface area contributed by atoms with Crippen LogP contribution in [-0.4, -0.2) is 45.3 Å². The van der Waals surface area contributed by atoms with Gasteiger partial charge in [-0.1, -0.05) is 23.8 Å². The number of sulfonamides is 1. The second kappa shape index (κ2) is 9.71. The summed E-state index contributed by atoms with van der Waals surface area (Å²) in [5.74, 6) is -1.36. The van der Waals surface area contributed by atoms with Crippen LogP contribution in [0.4, 0.5) is 5.69 Å². The van der Waals surface area contributed by atoms with E-state index in [9.17, 15) is 22.8 Å². The molecule has 0 bridgehead atoms. The number of amides is 3. The number of aryl methyl sites for hydroxylation is 1. The van der Waals surface area contributed by atoms with Crippen LogP contribution >= 0.6 is 0 Å². The van der Waals surface area contributed by atoms with Gasteiger partial charge in [0.25, 0.3) is 5.91 Å². The predicted molar refractivity (Wildman–Crippen MR) is 115 cm³/mol. The molecule has 0 aromatic heterocycles. The normalized spacial score (nSPS) is 13.3. The number of benzene rings is 2. The van der Waals surface area contributed by atoms with E-state index in [-0.39, 0.29) is 23.4 Å². The molecule has 4 N–H and O–H groups in total. The lowest BCUT2D eigenvalue weighted by atomic mass is 10.2. The second-order valence-corrected chi connectivity index (χ2v) is 9.06. The van der Waals surface area contributed by atoms with Gasteiger partial charge in [0.1, 0.15) is 0 Å². The molecule has 0 aliphatic heterocycles. The van der Waals surface area contributed by atoms with Gasteiger partial charge in [-0.2, -0.15) is 0 Å². The summed E-state index contributed by atoms with van der Waals surface area (Å²) in [6, 6.07) is 12.9. The van der Waals surface area contributed by atoms with Crippen molar-refractivity contribution in [2.24, 2.45) is 0 Å². The lowest BCUT2D eigenvalue weighted by Crippen LogP contribution is -2.40. The van der Waals surface area contributed by atoms with E-state index in [0.717, 1.165) is 18.4 Å². The molecule has 3 rings (SSSR count). The van der Waals surface area contributed by atoms with Crippen molar-refractivity contribution in [3.05, 3.63) is 59.7 Å². The average molecular weight is 445 g/mol. The van der Waals surface area contributed by atoms with Crippen molar-refractivity contribution in [3.8, 4) is 0 Å². The van der Waals surface area contributed by atoms with Gasteiger partial charge in [0.2, 0.25) is 21.8 Å². The summed E-state index contributed by atoms with van der Waals surface area (Å²) in [5.41, 5.74) is 1.76. The maximum absolute atomic E-state index is 12.2. The van der Waals surface area contributed by atoms with Crippen molar-refractivity contribution in [3.63, 3.8) is 0 Å². The van der Waals surface area contributed by atoms with Crippen LogP contribution in [0.15, 0.2) is 53.4 Å². The first-order valence-corrected chi connectivity index (χ1v) is 11.2. The summed E-state index contributed by atoms with van der Waals surface area (Å²) in [6.45, 7) is 0.991. The summed E-state index contributed by atoms with van der Waals surface area (Å²) in [4.78, 5) is 36.1. The molecule has 0 saturated heterocycles. The highest BCUT2D eigenvalue weighted by Crippen LogP contribution is 2.20. The van der Waals surface area contributed by atoms with Gasteiger partial charge in [-0.05, 0) is 50.1 Å². The van der Waals surface area contributed by atoms with Crippen molar-refractivity contribution in [1.82, 2.24) is 15.4 Å². The first-order valence-electron chi connectivity index (χ1n) is 9.77. The molecule has 0 heterocycles. The lowest BCUT2D eigenvalue weighted by molar-refractivity contribution is -0.123. The fourth-order valence-corrected chi connectivity index (χ4v) is 3.62. The number of hydrogen-bond donors (Lipinski definition) is 4. The minimum Gasteiger partial charge on any atom is -0.349 e. The number of carbonyl (C=O) groups excluding carboxylic acids is 3. The highest BCUT2D eigenvalue weighted by Gasteiger charge is 2.23. The van der Waals surface area contributed by atoms with E-state index >= 15 is 0 Å². The Balaban J connectivity index is 1.44. The molecule has 2 aromatic rings. The fraction of sp³-hybridized carbons (Fsp3) is 0.286. The molecule has 0 unspecified atom stereocenters. The van der Waals surface area contributed by atoms with Crippen molar-refractivity contribution in [2.75, 3.05) is 18.4 Å². The molecule has 3 amide bonds. The van der Waals surface area contributed by atoms with Gasteiger partial charge in [-0.25, -0.2) is 13.1 Å². The van der Waals surface area contributed by atoms with Gasteiger partial charge in [-0.15, -0.1) is 0 Å². The van der Waals surface area contributed by atoms with Crippen LogP contribution in [0.1, 0.15) is 28.8 Å². The summed E-state index contributed by atoms with van der Waals surface area (Å²) >= 11 is 0. The van der Waals surface area contributed by atoms with Gasteiger partial charge in [0.15, 0.2) is 0 Å². The maximum Gasteiger partial charge on any atom is 0.251 e. The molecule has 0 radical (unpaired) electrons. The quantitative estimate of drug-likeness (QED) is 0.456. The molecule has 0 atom stereocenters. The van der Waals surface area contributed by atoms with Gasteiger partial charge >= 0.3 is 0 Å². The van der Waals surface area contributed by atoms with Crippen LogP contribution in [-0.2, 0) is 19.6 Å². The van der Waals surface area contributed by atoms with Crippen LogP contribution < -0.4 is 20.7 Å². The van der Waals surface area contributed by atoms with Crippen LogP contribution in [0.3, 0.4) is 0 Å². The van der Waals surface area contributed by atoms with Gasteiger partial charge in [-0.3, -0.25) is 14.4 Å². The number of rotatable bonds is 9. The number of hydrogen-bond acceptors (Lipinski definition) is 5. The Morgan fingerprint density at radius 1 is 0.968 bits per heavy atom. The zero-order chi connectivity index (χ0) is 22.4. The van der Waals surface area contributed by atoms with E-state index in [2.05, 4.69) is 20.7 Å². The monoisotopic (exact) mass is 444 g/mol. The largest absolute Gasteiger partial charge is 0.349 e. The van der Waals surface area contributed by atoms with E-state index in [1.54, 1.807) is 36.4 Å². The smallest absolute Gasteiger partial charge is 0.251 e. The second-order valence-electron chi connectivity index (χ2n) is 7.29. The summed E-state index contributed by atoms with van der Waals surface area (Å²) < 4.78 is 26.6. The Morgan fingerprint density at radius 2 is 1.68 bits per heavy atom. The summed E-state index contributed by atoms with van der Waals surface area (Å²) in [5, 5.41) is 7.81. The Labute approximate surface area is 180 Å². The third-order valence-corrected chi connectivity index (χ3v) is 5.94. The first-order chi connectivity index (χ1) is 14.7. The minimum absolute atomic E-state index is 0.0502. The van der Waals surface area contributed by atoms with Crippen LogP contribution in [0, 0.1) is 6.92 Å². The topological polar surface area (TPSA) is 133 Å². The van der Waals surface area contributed by atoms with E-state index in [1.807, 2.05) is 6.92 Å². The van der Waals surface area contributed by atoms with Crippen molar-refractivity contribution < 1.29 is 22.8 Å². The summed E-state index contributed by atoms with van der Waals surface area (Å²) in [7, 11) is -3.83. The molecular formula is C21H24N4O5S. The van der Waals surface area contributed by atoms with Gasteiger partial charge < -0.3 is 16.0 Å². The number of anilines is 1. The molecule has 1 saturated carbocycles. The molecule has 1 aliphatic rings. The molecular weight excluding hydrogens is 420 g/mol. The molecule has 1 fully saturated rings. The molecule has 9 nitrogen and oxygen atoms in total. The third-order valence-electron chi connectivity index (χ3n) is 4.52. The first kappa shape index (κ1) is 22.4. The molecule has 0 spiro atoms. The zero-order valence-electron chi connectivity index (χ0n) is 17.0. The molecule has 164 valence electrons. The van der Waals surface area contributed by atoms with Crippen LogP contribution in [0.25, 0.3) is 0 Å². The molecule has 31 heavy (non-hydrogen) atoms. The summed E-state index contributed by atoms with van der Waals surface area (Å²) in [6.07, 6.45) is 1.95. The lowest BCUT2D eigenvalue weighted by Gasteiger charge is -2.10. The van der Waals surface area contributed by atoms with Crippen molar-refractivity contribution in [2.45, 2.75) is 30.7 Å². The van der Waals surface area contributed by atoms with E-state index in [4.69, 9.17) is 0 Å². The Morgan fingerprint density at radius 3 is 2.35 bits per heavy atom. The molecule has 10 heteroatoms. The minimum atomic E-state index is -3.83. The highest BCUT2D eigenvalue weighted by atomic mass is 32.2. The van der Waals surface area contributed by atoms with Gasteiger partial charge in [0, 0.05) is 17.3 Å². The van der Waals surface area contributed by atoms with Crippen molar-refractivity contribution >= 4 is 33.4 Å². The third kappa shape index (κ3) is 6.90. The molecule has 1 aliphatic carbocycles. The Kier molecular flexibility index (Phi) is 7.03. The number of carbonyl (C=O) groups is 3. The highest BCUT2D eigenvalue weighted by molar-refractivity contribution is 7.89. The van der Waals surface area contributed by atoms with Gasteiger partial charge in [0.05, 0.1) is 18.0 Å². The molecule has 2 aromatic carbocycles. The SMILES string of the molecule is Cc1ccc(S(=O)(=O)NCC(=O)NCC(=O)Nc2cccc(C(=O)NC3CC3)c2)cc1. The standard InChI is InChI=1S/C21H24N4O5S/c1-14-5-9-18(10-6-14)31(29,30)23-13-19(26)22-12-20(27)24-17-4-2-3-15(11-17)21(28)25-16-7-8-16/h2-6,9-11,16,23H,7-8,12-13H2,1H3,(H,22,26)(H,24,27)(H,25,28). The van der Waals surface area contributed by atoms with E-state index < -0.39 is 28.4 Å². The average Bonchev–Trinajstić information content (AvgIpc) is 3.55. The van der Waals surface area contributed by atoms with Crippen LogP contribution in [0.5, 0.6) is 0 Å². The van der Waals surface area contributed by atoms with Crippen molar-refractivity contribution in [1.29, 1.82) is 0 Å². The van der Waals surface area contributed by atoms with E-state index in [1.165, 1.54) is 12.1 Å². The Bertz CT molecular complexity index is 1080. The number of nitrogens with one attached hydrogen (secondary N) is 4. The maximum atomic E-state index is 12.2. The van der Waals surface area contributed by atoms with E-state index in [0.29, 0.717) is 11.3 Å². The predicted octanol–water partition coefficient (Wildman–Crippen LogP) is 0.920. The van der Waals surface area contributed by atoms with Crippen LogP contribution in [0.2, 0.25) is 0 Å². The Hall–Kier alpha value is -3.24. The fourth-order valence-electron chi connectivity index (χ4n) is 2.64. The zero-order valence-corrected chi connectivity index (χ0v) is 17.8.